The Bertz CT molecular complexity index is 1070. The number of benzene rings is 2. The number of amides is 2. The first-order chi connectivity index (χ1) is 14.4. The monoisotopic (exact) mass is 457 g/mol. The minimum absolute atomic E-state index is 0.297. The van der Waals surface area contributed by atoms with E-state index in [4.69, 9.17) is 0 Å². The molecule has 2 aromatic carbocycles. The molecule has 0 radical (unpaired) electrons. The standard InChI is InChI=1S/C20H22F3N3O4S/c1-13-5-3-8-17(14(13)2)26-19(28)12-24-18(27)9-10-25-31(29,30)16-7-4-6-15(11-16)20(21,22)23/h3-8,11,25H,9-10,12H2,1-2H3,(H,24,27)(H,26,28). The lowest BCUT2D eigenvalue weighted by Crippen LogP contribution is -2.35. The van der Waals surface area contributed by atoms with Crippen LogP contribution in [-0.4, -0.2) is 33.3 Å². The molecule has 0 bridgehead atoms. The van der Waals surface area contributed by atoms with Gasteiger partial charge in [0.05, 0.1) is 17.0 Å². The zero-order chi connectivity index (χ0) is 23.2. The van der Waals surface area contributed by atoms with Crippen LogP contribution in [0, 0.1) is 13.8 Å². The number of sulfonamides is 1. The van der Waals surface area contributed by atoms with Crippen LogP contribution in [0.3, 0.4) is 0 Å². The minimum Gasteiger partial charge on any atom is -0.347 e. The second kappa shape index (κ2) is 9.92. The Morgan fingerprint density at radius 1 is 1.00 bits per heavy atom. The molecule has 11 heteroatoms. The maximum Gasteiger partial charge on any atom is 0.416 e. The highest BCUT2D eigenvalue weighted by atomic mass is 32.2. The van der Waals surface area contributed by atoms with Crippen molar-refractivity contribution < 1.29 is 31.2 Å². The van der Waals surface area contributed by atoms with Crippen molar-refractivity contribution in [1.82, 2.24) is 10.0 Å². The molecule has 168 valence electrons. The smallest absolute Gasteiger partial charge is 0.347 e. The van der Waals surface area contributed by atoms with Crippen molar-refractivity contribution in [3.63, 3.8) is 0 Å². The average Bonchev–Trinajstić information content (AvgIpc) is 2.69. The molecule has 0 saturated heterocycles. The van der Waals surface area contributed by atoms with Gasteiger partial charge in [-0.25, -0.2) is 13.1 Å². The van der Waals surface area contributed by atoms with E-state index in [-0.39, 0.29) is 19.5 Å². The molecule has 2 aromatic rings. The molecule has 0 aliphatic carbocycles. The summed E-state index contributed by atoms with van der Waals surface area (Å²) in [6, 6.07) is 8.69. The van der Waals surface area contributed by atoms with Crippen LogP contribution < -0.4 is 15.4 Å². The lowest BCUT2D eigenvalue weighted by Gasteiger charge is -2.11. The summed E-state index contributed by atoms with van der Waals surface area (Å²) in [7, 11) is -4.23. The fourth-order valence-corrected chi connectivity index (χ4v) is 3.65. The van der Waals surface area contributed by atoms with Gasteiger partial charge in [-0.15, -0.1) is 0 Å². The lowest BCUT2D eigenvalue weighted by atomic mass is 10.1. The molecular formula is C20H22F3N3O4S. The summed E-state index contributed by atoms with van der Waals surface area (Å²) in [6.45, 7) is 3.09. The molecule has 0 fully saturated rings. The van der Waals surface area contributed by atoms with E-state index in [1.165, 1.54) is 0 Å². The van der Waals surface area contributed by atoms with Crippen molar-refractivity contribution in [2.45, 2.75) is 31.3 Å². The van der Waals surface area contributed by atoms with Crippen LogP contribution in [0.4, 0.5) is 18.9 Å². The molecule has 2 amide bonds. The van der Waals surface area contributed by atoms with Crippen LogP contribution in [0.5, 0.6) is 0 Å². The van der Waals surface area contributed by atoms with E-state index in [0.717, 1.165) is 29.3 Å². The fourth-order valence-electron chi connectivity index (χ4n) is 2.57. The quantitative estimate of drug-likeness (QED) is 0.567. The number of hydrogen-bond acceptors (Lipinski definition) is 4. The highest BCUT2D eigenvalue weighted by Crippen LogP contribution is 2.30. The minimum atomic E-state index is -4.68. The largest absolute Gasteiger partial charge is 0.416 e. The average molecular weight is 457 g/mol. The third kappa shape index (κ3) is 7.07. The lowest BCUT2D eigenvalue weighted by molar-refractivity contribution is -0.137. The number of aryl methyl sites for hydroxylation is 1. The summed E-state index contributed by atoms with van der Waals surface area (Å²) in [4.78, 5) is 23.3. The highest BCUT2D eigenvalue weighted by molar-refractivity contribution is 7.89. The normalized spacial score (nSPS) is 11.8. The Hall–Kier alpha value is -2.92. The molecule has 2 rings (SSSR count). The number of carbonyl (C=O) groups is 2. The summed E-state index contributed by atoms with van der Waals surface area (Å²) in [6.07, 6.45) is -4.97. The molecule has 0 unspecified atom stereocenters. The summed E-state index contributed by atoms with van der Waals surface area (Å²) < 4.78 is 64.6. The van der Waals surface area contributed by atoms with Gasteiger partial charge in [-0.3, -0.25) is 9.59 Å². The van der Waals surface area contributed by atoms with Gasteiger partial charge in [0, 0.05) is 18.7 Å². The Kier molecular flexibility index (Phi) is 7.80. The third-order valence-corrected chi connectivity index (χ3v) is 5.90. The number of carbonyl (C=O) groups excluding carboxylic acids is 2. The van der Waals surface area contributed by atoms with E-state index in [2.05, 4.69) is 15.4 Å². The number of nitrogens with one attached hydrogen (secondary N) is 3. The van der Waals surface area contributed by atoms with Gasteiger partial charge in [0.2, 0.25) is 21.8 Å². The van der Waals surface area contributed by atoms with Crippen LogP contribution >= 0.6 is 0 Å². The van der Waals surface area contributed by atoms with Crippen molar-refractivity contribution in [1.29, 1.82) is 0 Å². The van der Waals surface area contributed by atoms with Gasteiger partial charge in [0.15, 0.2) is 0 Å². The Morgan fingerprint density at radius 3 is 2.35 bits per heavy atom. The molecule has 31 heavy (non-hydrogen) atoms. The third-order valence-electron chi connectivity index (χ3n) is 4.44. The van der Waals surface area contributed by atoms with Crippen molar-refractivity contribution >= 4 is 27.5 Å². The Labute approximate surface area is 178 Å². The highest BCUT2D eigenvalue weighted by Gasteiger charge is 2.31. The Morgan fingerprint density at radius 2 is 1.68 bits per heavy atom. The zero-order valence-corrected chi connectivity index (χ0v) is 17.7. The van der Waals surface area contributed by atoms with Gasteiger partial charge < -0.3 is 10.6 Å². The summed E-state index contributed by atoms with van der Waals surface area (Å²) >= 11 is 0. The van der Waals surface area contributed by atoms with Crippen LogP contribution in [0.2, 0.25) is 0 Å². The van der Waals surface area contributed by atoms with Gasteiger partial charge in [-0.05, 0) is 49.2 Å². The number of anilines is 1. The van der Waals surface area contributed by atoms with Crippen molar-refractivity contribution in [3.8, 4) is 0 Å². The fraction of sp³-hybridized carbons (Fsp3) is 0.300. The van der Waals surface area contributed by atoms with Crippen molar-refractivity contribution in [2.75, 3.05) is 18.4 Å². The van der Waals surface area contributed by atoms with Crippen molar-refractivity contribution in [2.24, 2.45) is 0 Å². The molecule has 0 aliphatic rings. The first-order valence-corrected chi connectivity index (χ1v) is 10.7. The Balaban J connectivity index is 1.82. The second-order valence-electron chi connectivity index (χ2n) is 6.75. The van der Waals surface area contributed by atoms with E-state index in [9.17, 15) is 31.2 Å². The summed E-state index contributed by atoms with van der Waals surface area (Å²) in [5.41, 5.74) is 1.41. The molecule has 7 nitrogen and oxygen atoms in total. The van der Waals surface area contributed by atoms with E-state index in [1.807, 2.05) is 19.9 Å². The van der Waals surface area contributed by atoms with Crippen molar-refractivity contribution in [3.05, 3.63) is 59.2 Å². The van der Waals surface area contributed by atoms with Gasteiger partial charge in [-0.2, -0.15) is 13.2 Å². The van der Waals surface area contributed by atoms with Crippen LogP contribution in [0.1, 0.15) is 23.1 Å². The first kappa shape index (κ1) is 24.4. The van der Waals surface area contributed by atoms with Gasteiger partial charge >= 0.3 is 6.18 Å². The number of rotatable bonds is 8. The van der Waals surface area contributed by atoms with E-state index < -0.39 is 38.5 Å². The zero-order valence-electron chi connectivity index (χ0n) is 16.8. The number of hydrogen-bond donors (Lipinski definition) is 3. The van der Waals surface area contributed by atoms with E-state index in [1.54, 1.807) is 12.1 Å². The van der Waals surface area contributed by atoms with Gasteiger partial charge in [0.25, 0.3) is 0 Å². The van der Waals surface area contributed by atoms with Crippen LogP contribution in [0.25, 0.3) is 0 Å². The SMILES string of the molecule is Cc1cccc(NC(=O)CNC(=O)CCNS(=O)(=O)c2cccc(C(F)(F)F)c2)c1C. The maximum atomic E-state index is 12.7. The predicted molar refractivity (Wildman–Crippen MR) is 109 cm³/mol. The molecule has 0 atom stereocenters. The number of halogens is 3. The van der Waals surface area contributed by atoms with Gasteiger partial charge in [0.1, 0.15) is 0 Å². The molecule has 0 aliphatic heterocycles. The summed E-state index contributed by atoms with van der Waals surface area (Å²) in [5.74, 6) is -1.05. The second-order valence-corrected chi connectivity index (χ2v) is 8.51. The molecule has 0 spiro atoms. The van der Waals surface area contributed by atoms with Crippen LogP contribution in [-0.2, 0) is 25.8 Å². The van der Waals surface area contributed by atoms with Crippen LogP contribution in [0.15, 0.2) is 47.4 Å². The molecular weight excluding hydrogens is 435 g/mol. The maximum absolute atomic E-state index is 12.7. The number of alkyl halides is 3. The van der Waals surface area contributed by atoms with E-state index in [0.29, 0.717) is 11.8 Å². The topological polar surface area (TPSA) is 104 Å². The molecule has 0 heterocycles. The predicted octanol–water partition coefficient (Wildman–Crippen LogP) is 2.75. The van der Waals surface area contributed by atoms with E-state index >= 15 is 0 Å². The molecule has 0 aromatic heterocycles. The molecule has 0 saturated carbocycles. The van der Waals surface area contributed by atoms with Gasteiger partial charge in [-0.1, -0.05) is 18.2 Å². The summed E-state index contributed by atoms with van der Waals surface area (Å²) in [5, 5.41) is 5.03. The first-order valence-electron chi connectivity index (χ1n) is 9.20. The molecule has 3 N–H and O–H groups in total.